The van der Waals surface area contributed by atoms with Crippen LogP contribution < -0.4 is 11.3 Å². The fourth-order valence-corrected chi connectivity index (χ4v) is 2.04. The number of aryl methyl sites for hydroxylation is 2. The summed E-state index contributed by atoms with van der Waals surface area (Å²) in [5, 5.41) is 5.08. The van der Waals surface area contributed by atoms with E-state index in [4.69, 9.17) is 29.0 Å². The molecule has 0 radical (unpaired) electrons. The molecule has 2 rings (SSSR count). The van der Waals surface area contributed by atoms with E-state index in [0.29, 0.717) is 21.7 Å². The highest BCUT2D eigenvalue weighted by Gasteiger charge is 2.13. The molecule has 0 spiro atoms. The van der Waals surface area contributed by atoms with Gasteiger partial charge in [0.05, 0.1) is 15.7 Å². The highest BCUT2D eigenvalue weighted by molar-refractivity contribution is 6.36. The average molecular weight is 272 g/mol. The number of nitrogens with one attached hydrogen (secondary N) is 1. The molecule has 0 fully saturated rings. The Hall–Kier alpha value is -1.30. The normalized spacial score (nSPS) is 10.6. The largest absolute Gasteiger partial charge is 0.307 e. The number of halogens is 2. The first-order valence-electron chi connectivity index (χ1n) is 4.89. The van der Waals surface area contributed by atoms with Gasteiger partial charge in [-0.3, -0.25) is 0 Å². The van der Waals surface area contributed by atoms with E-state index in [1.165, 1.54) is 0 Å². The summed E-state index contributed by atoms with van der Waals surface area (Å²) in [4.78, 5) is 4.24. The second kappa shape index (κ2) is 4.52. The van der Waals surface area contributed by atoms with Crippen molar-refractivity contribution in [1.29, 1.82) is 0 Å². The van der Waals surface area contributed by atoms with Crippen LogP contribution >= 0.6 is 23.2 Å². The second-order valence-corrected chi connectivity index (χ2v) is 4.42. The number of hydrazine groups is 1. The van der Waals surface area contributed by atoms with Crippen molar-refractivity contribution < 1.29 is 0 Å². The maximum absolute atomic E-state index is 6.10. The summed E-state index contributed by atoms with van der Waals surface area (Å²) in [6, 6.07) is 3.51. The van der Waals surface area contributed by atoms with Crippen LogP contribution in [0.25, 0.3) is 5.82 Å². The molecule has 90 valence electrons. The molecule has 5 nitrogen and oxygen atoms in total. The molecular formula is C10H11Cl2N5. The molecule has 0 saturated carbocycles. The standard InChI is InChI=1S/C10H11Cl2N5/c1-5-3-6(2)17(16-5)10-8(12)4-7(11)9(14-10)15-13/h3-4H,13H2,1-2H3,(H,14,15). The van der Waals surface area contributed by atoms with Gasteiger partial charge in [0, 0.05) is 5.69 Å². The predicted molar refractivity (Wildman–Crippen MR) is 68.7 cm³/mol. The first-order valence-corrected chi connectivity index (χ1v) is 5.65. The molecule has 0 aromatic carbocycles. The number of rotatable bonds is 2. The molecule has 2 heterocycles. The second-order valence-electron chi connectivity index (χ2n) is 3.61. The van der Waals surface area contributed by atoms with Gasteiger partial charge >= 0.3 is 0 Å². The van der Waals surface area contributed by atoms with E-state index in [1.54, 1.807) is 10.7 Å². The van der Waals surface area contributed by atoms with Gasteiger partial charge in [-0.25, -0.2) is 15.5 Å². The maximum atomic E-state index is 6.10. The summed E-state index contributed by atoms with van der Waals surface area (Å²) in [5.74, 6) is 6.18. The molecular weight excluding hydrogens is 261 g/mol. The van der Waals surface area contributed by atoms with Gasteiger partial charge in [0.25, 0.3) is 0 Å². The van der Waals surface area contributed by atoms with E-state index in [1.807, 2.05) is 19.9 Å². The van der Waals surface area contributed by atoms with Crippen molar-refractivity contribution in [2.75, 3.05) is 5.43 Å². The Morgan fingerprint density at radius 3 is 2.47 bits per heavy atom. The van der Waals surface area contributed by atoms with Gasteiger partial charge in [-0.05, 0) is 26.0 Å². The average Bonchev–Trinajstić information content (AvgIpc) is 2.58. The van der Waals surface area contributed by atoms with Crippen LogP contribution in [0.4, 0.5) is 5.82 Å². The lowest BCUT2D eigenvalue weighted by Gasteiger charge is -2.09. The number of pyridine rings is 1. The molecule has 0 atom stereocenters. The van der Waals surface area contributed by atoms with Crippen LogP contribution in [0.15, 0.2) is 12.1 Å². The van der Waals surface area contributed by atoms with Gasteiger partial charge < -0.3 is 5.43 Å². The molecule has 3 N–H and O–H groups in total. The minimum Gasteiger partial charge on any atom is -0.307 e. The van der Waals surface area contributed by atoms with E-state index >= 15 is 0 Å². The topological polar surface area (TPSA) is 68.8 Å². The molecule has 0 aliphatic rings. The van der Waals surface area contributed by atoms with Crippen LogP contribution in [-0.4, -0.2) is 14.8 Å². The number of nitrogens with two attached hydrogens (primary N) is 1. The number of hydrogen-bond acceptors (Lipinski definition) is 4. The van der Waals surface area contributed by atoms with E-state index in [-0.39, 0.29) is 0 Å². The Balaban J connectivity index is 2.63. The van der Waals surface area contributed by atoms with Crippen molar-refractivity contribution in [2.45, 2.75) is 13.8 Å². The van der Waals surface area contributed by atoms with Crippen molar-refractivity contribution in [3.05, 3.63) is 33.6 Å². The Morgan fingerprint density at radius 1 is 1.24 bits per heavy atom. The van der Waals surface area contributed by atoms with Gasteiger partial charge in [-0.1, -0.05) is 23.2 Å². The fraction of sp³-hybridized carbons (Fsp3) is 0.200. The molecule has 0 unspecified atom stereocenters. The number of nitrogen functional groups attached to an aromatic ring is 1. The fourth-order valence-electron chi connectivity index (χ4n) is 1.55. The number of aromatic nitrogens is 3. The van der Waals surface area contributed by atoms with E-state index in [2.05, 4.69) is 15.5 Å². The Kier molecular flexibility index (Phi) is 3.24. The molecule has 0 aliphatic heterocycles. The summed E-state index contributed by atoms with van der Waals surface area (Å²) in [5.41, 5.74) is 4.24. The van der Waals surface area contributed by atoms with E-state index in [9.17, 15) is 0 Å². The smallest absolute Gasteiger partial charge is 0.174 e. The van der Waals surface area contributed by atoms with Crippen LogP contribution in [0.3, 0.4) is 0 Å². The highest BCUT2D eigenvalue weighted by atomic mass is 35.5. The quantitative estimate of drug-likeness (QED) is 0.651. The summed E-state index contributed by atoms with van der Waals surface area (Å²) in [7, 11) is 0. The zero-order chi connectivity index (χ0) is 12.6. The maximum Gasteiger partial charge on any atom is 0.174 e. The number of anilines is 1. The Labute approximate surface area is 109 Å². The third-order valence-electron chi connectivity index (χ3n) is 2.26. The van der Waals surface area contributed by atoms with Crippen molar-refractivity contribution in [3.63, 3.8) is 0 Å². The van der Waals surface area contributed by atoms with Crippen molar-refractivity contribution >= 4 is 29.0 Å². The summed E-state index contributed by atoms with van der Waals surface area (Å²) in [6.45, 7) is 3.82. The van der Waals surface area contributed by atoms with Crippen molar-refractivity contribution in [3.8, 4) is 5.82 Å². The molecule has 2 aromatic rings. The third kappa shape index (κ3) is 2.22. The van der Waals surface area contributed by atoms with Gasteiger partial charge in [0.1, 0.15) is 0 Å². The lowest BCUT2D eigenvalue weighted by molar-refractivity contribution is 0.807. The zero-order valence-electron chi connectivity index (χ0n) is 9.33. The monoisotopic (exact) mass is 271 g/mol. The van der Waals surface area contributed by atoms with Gasteiger partial charge in [-0.2, -0.15) is 5.10 Å². The molecule has 0 saturated heterocycles. The SMILES string of the molecule is Cc1cc(C)n(-c2nc(NN)c(Cl)cc2Cl)n1. The van der Waals surface area contributed by atoms with Crippen molar-refractivity contribution in [1.82, 2.24) is 14.8 Å². The first-order chi connectivity index (χ1) is 8.02. The molecule has 7 heteroatoms. The number of hydrogen-bond donors (Lipinski definition) is 2. The van der Waals surface area contributed by atoms with E-state index < -0.39 is 0 Å². The van der Waals surface area contributed by atoms with Gasteiger partial charge in [0.2, 0.25) is 0 Å². The van der Waals surface area contributed by atoms with Crippen LogP contribution in [0.2, 0.25) is 10.0 Å². The minimum absolute atomic E-state index is 0.360. The van der Waals surface area contributed by atoms with Crippen LogP contribution in [-0.2, 0) is 0 Å². The van der Waals surface area contributed by atoms with Gasteiger partial charge in [-0.15, -0.1) is 0 Å². The summed E-state index contributed by atoms with van der Waals surface area (Å²) < 4.78 is 1.65. The van der Waals surface area contributed by atoms with Crippen LogP contribution in [0.5, 0.6) is 0 Å². The lowest BCUT2D eigenvalue weighted by Crippen LogP contribution is -2.12. The van der Waals surface area contributed by atoms with Crippen molar-refractivity contribution in [2.24, 2.45) is 5.84 Å². The third-order valence-corrected chi connectivity index (χ3v) is 2.82. The minimum atomic E-state index is 0.360. The first kappa shape index (κ1) is 12.2. The molecule has 0 amide bonds. The zero-order valence-corrected chi connectivity index (χ0v) is 10.8. The Morgan fingerprint density at radius 2 is 1.94 bits per heavy atom. The summed E-state index contributed by atoms with van der Waals surface area (Å²) >= 11 is 12.0. The number of nitrogens with zero attached hydrogens (tertiary/aromatic N) is 3. The predicted octanol–water partition coefficient (Wildman–Crippen LogP) is 2.48. The lowest BCUT2D eigenvalue weighted by atomic mass is 10.4. The van der Waals surface area contributed by atoms with Crippen LogP contribution in [0, 0.1) is 13.8 Å². The molecule has 0 bridgehead atoms. The molecule has 0 aliphatic carbocycles. The summed E-state index contributed by atoms with van der Waals surface area (Å²) in [6.07, 6.45) is 0. The van der Waals surface area contributed by atoms with E-state index in [0.717, 1.165) is 11.4 Å². The molecule has 2 aromatic heterocycles. The Bertz CT molecular complexity index is 564. The highest BCUT2D eigenvalue weighted by Crippen LogP contribution is 2.28. The van der Waals surface area contributed by atoms with Crippen LogP contribution in [0.1, 0.15) is 11.4 Å². The van der Waals surface area contributed by atoms with Gasteiger partial charge in [0.15, 0.2) is 11.6 Å². The molecule has 17 heavy (non-hydrogen) atoms.